The molecule has 0 bridgehead atoms. The molecule has 0 unspecified atom stereocenters. The van der Waals surface area contributed by atoms with Crippen LogP contribution < -0.4 is 0 Å². The second-order valence-electron chi connectivity index (χ2n) is 4.59. The normalized spacial score (nSPS) is 10.3. The Balaban J connectivity index is 3.11. The standard InChI is InChI=1S/C16H28O3/c1-3-5-6-7-8-9-10-11-13-19-15-16(17)14-18-12-4-2/h3-4H,1-2,5-15H2. The summed E-state index contributed by atoms with van der Waals surface area (Å²) in [7, 11) is 0. The molecule has 0 fully saturated rings. The lowest BCUT2D eigenvalue weighted by molar-refractivity contribution is -0.127. The fourth-order valence-electron chi connectivity index (χ4n) is 1.68. The van der Waals surface area contributed by atoms with Crippen LogP contribution in [-0.4, -0.2) is 32.2 Å². The maximum Gasteiger partial charge on any atom is 0.183 e. The van der Waals surface area contributed by atoms with E-state index in [9.17, 15) is 4.79 Å². The number of Topliss-reactive ketones (excluding diaryl/α,β-unsaturated/α-hetero) is 1. The first kappa shape index (κ1) is 18.1. The lowest BCUT2D eigenvalue weighted by Gasteiger charge is -2.04. The van der Waals surface area contributed by atoms with Gasteiger partial charge in [0, 0.05) is 6.61 Å². The predicted molar refractivity (Wildman–Crippen MR) is 79.4 cm³/mol. The molecule has 3 nitrogen and oxygen atoms in total. The van der Waals surface area contributed by atoms with Gasteiger partial charge in [0.15, 0.2) is 5.78 Å². The van der Waals surface area contributed by atoms with E-state index in [1.807, 2.05) is 6.08 Å². The van der Waals surface area contributed by atoms with Crippen molar-refractivity contribution in [1.29, 1.82) is 0 Å². The van der Waals surface area contributed by atoms with Crippen LogP contribution in [0.5, 0.6) is 0 Å². The summed E-state index contributed by atoms with van der Waals surface area (Å²) in [5.74, 6) is -0.00808. The molecule has 19 heavy (non-hydrogen) atoms. The van der Waals surface area contributed by atoms with Crippen LogP contribution in [0.4, 0.5) is 0 Å². The Labute approximate surface area is 117 Å². The zero-order valence-corrected chi connectivity index (χ0v) is 12.1. The van der Waals surface area contributed by atoms with E-state index in [0.29, 0.717) is 13.2 Å². The van der Waals surface area contributed by atoms with Gasteiger partial charge in [-0.3, -0.25) is 4.79 Å². The van der Waals surface area contributed by atoms with E-state index in [4.69, 9.17) is 9.47 Å². The van der Waals surface area contributed by atoms with Crippen LogP contribution in [0, 0.1) is 0 Å². The molecule has 0 spiro atoms. The molecular formula is C16H28O3. The zero-order chi connectivity index (χ0) is 14.2. The number of allylic oxidation sites excluding steroid dienone is 1. The lowest BCUT2D eigenvalue weighted by atomic mass is 10.1. The molecule has 0 rings (SSSR count). The van der Waals surface area contributed by atoms with Gasteiger partial charge in [-0.25, -0.2) is 0 Å². The number of hydrogen-bond donors (Lipinski definition) is 0. The molecule has 0 aliphatic rings. The topological polar surface area (TPSA) is 35.5 Å². The van der Waals surface area contributed by atoms with E-state index in [-0.39, 0.29) is 19.0 Å². The van der Waals surface area contributed by atoms with Crippen molar-refractivity contribution in [3.05, 3.63) is 25.3 Å². The molecule has 0 aliphatic heterocycles. The third kappa shape index (κ3) is 15.0. The van der Waals surface area contributed by atoms with Crippen LogP contribution in [0.2, 0.25) is 0 Å². The highest BCUT2D eigenvalue weighted by molar-refractivity contribution is 5.80. The van der Waals surface area contributed by atoms with Crippen LogP contribution in [-0.2, 0) is 14.3 Å². The minimum Gasteiger partial charge on any atom is -0.374 e. The van der Waals surface area contributed by atoms with Crippen molar-refractivity contribution in [1.82, 2.24) is 0 Å². The third-order valence-corrected chi connectivity index (χ3v) is 2.71. The summed E-state index contributed by atoms with van der Waals surface area (Å²) in [6.07, 6.45) is 12.0. The summed E-state index contributed by atoms with van der Waals surface area (Å²) in [4.78, 5) is 11.3. The van der Waals surface area contributed by atoms with Gasteiger partial charge in [0.25, 0.3) is 0 Å². The average Bonchev–Trinajstić information content (AvgIpc) is 2.41. The third-order valence-electron chi connectivity index (χ3n) is 2.71. The summed E-state index contributed by atoms with van der Waals surface area (Å²) in [5.41, 5.74) is 0. The van der Waals surface area contributed by atoms with Crippen molar-refractivity contribution < 1.29 is 14.3 Å². The van der Waals surface area contributed by atoms with E-state index >= 15 is 0 Å². The fourth-order valence-corrected chi connectivity index (χ4v) is 1.68. The second kappa shape index (κ2) is 15.1. The summed E-state index contributed by atoms with van der Waals surface area (Å²) in [5, 5.41) is 0. The highest BCUT2D eigenvalue weighted by atomic mass is 16.5. The van der Waals surface area contributed by atoms with Crippen molar-refractivity contribution in [3.63, 3.8) is 0 Å². The molecule has 0 atom stereocenters. The molecule has 0 aromatic rings. The predicted octanol–water partition coefficient (Wildman–Crippen LogP) is 3.69. The molecule has 0 heterocycles. The number of ether oxygens (including phenoxy) is 2. The maximum absolute atomic E-state index is 11.3. The minimum absolute atomic E-state index is 0.00808. The van der Waals surface area contributed by atoms with Crippen molar-refractivity contribution in [2.45, 2.75) is 44.9 Å². The van der Waals surface area contributed by atoms with Crippen LogP contribution in [0.25, 0.3) is 0 Å². The summed E-state index contributed by atoms with van der Waals surface area (Å²) >= 11 is 0. The maximum atomic E-state index is 11.3. The fraction of sp³-hybridized carbons (Fsp3) is 0.688. The van der Waals surface area contributed by atoms with Gasteiger partial charge in [-0.15, -0.1) is 13.2 Å². The van der Waals surface area contributed by atoms with E-state index < -0.39 is 0 Å². The number of carbonyl (C=O) groups is 1. The Bertz CT molecular complexity index is 236. The van der Waals surface area contributed by atoms with Gasteiger partial charge in [-0.1, -0.05) is 37.8 Å². The molecular weight excluding hydrogens is 240 g/mol. The first-order valence-electron chi connectivity index (χ1n) is 7.20. The SMILES string of the molecule is C=CCCCCCCCCOCC(=O)COCC=C. The minimum atomic E-state index is -0.00808. The number of rotatable bonds is 15. The Morgan fingerprint density at radius 3 is 2.16 bits per heavy atom. The number of ketones is 1. The highest BCUT2D eigenvalue weighted by Gasteiger charge is 2.01. The molecule has 0 saturated carbocycles. The molecule has 3 heteroatoms. The summed E-state index contributed by atoms with van der Waals surface area (Å²) in [6.45, 7) is 8.58. The van der Waals surface area contributed by atoms with Crippen LogP contribution in [0.3, 0.4) is 0 Å². The smallest absolute Gasteiger partial charge is 0.183 e. The van der Waals surface area contributed by atoms with Crippen molar-refractivity contribution >= 4 is 5.78 Å². The first-order chi connectivity index (χ1) is 9.31. The lowest BCUT2D eigenvalue weighted by Crippen LogP contribution is -2.15. The van der Waals surface area contributed by atoms with Gasteiger partial charge in [-0.2, -0.15) is 0 Å². The molecule has 0 aromatic heterocycles. The van der Waals surface area contributed by atoms with E-state index in [2.05, 4.69) is 13.2 Å². The molecule has 0 amide bonds. The van der Waals surface area contributed by atoms with E-state index in [1.54, 1.807) is 6.08 Å². The quantitative estimate of drug-likeness (QED) is 0.335. The number of hydrogen-bond acceptors (Lipinski definition) is 3. The van der Waals surface area contributed by atoms with Crippen LogP contribution >= 0.6 is 0 Å². The van der Waals surface area contributed by atoms with E-state index in [0.717, 1.165) is 12.8 Å². The number of unbranched alkanes of at least 4 members (excludes halogenated alkanes) is 6. The molecule has 0 radical (unpaired) electrons. The van der Waals surface area contributed by atoms with Gasteiger partial charge >= 0.3 is 0 Å². The average molecular weight is 268 g/mol. The second-order valence-corrected chi connectivity index (χ2v) is 4.59. The van der Waals surface area contributed by atoms with Gasteiger partial charge in [0.1, 0.15) is 13.2 Å². The Hall–Kier alpha value is -0.930. The van der Waals surface area contributed by atoms with Gasteiger partial charge in [0.2, 0.25) is 0 Å². The molecule has 0 N–H and O–H groups in total. The van der Waals surface area contributed by atoms with Crippen molar-refractivity contribution in [3.8, 4) is 0 Å². The Morgan fingerprint density at radius 2 is 1.47 bits per heavy atom. The Kier molecular flexibility index (Phi) is 14.4. The summed E-state index contributed by atoms with van der Waals surface area (Å²) < 4.78 is 10.3. The van der Waals surface area contributed by atoms with Gasteiger partial charge < -0.3 is 9.47 Å². The molecule has 0 aromatic carbocycles. The first-order valence-corrected chi connectivity index (χ1v) is 7.20. The summed E-state index contributed by atoms with van der Waals surface area (Å²) in [6, 6.07) is 0. The monoisotopic (exact) mass is 268 g/mol. The van der Waals surface area contributed by atoms with Gasteiger partial charge in [-0.05, 0) is 19.3 Å². The van der Waals surface area contributed by atoms with E-state index in [1.165, 1.54) is 32.1 Å². The highest BCUT2D eigenvalue weighted by Crippen LogP contribution is 2.07. The van der Waals surface area contributed by atoms with Crippen LogP contribution in [0.1, 0.15) is 44.9 Å². The van der Waals surface area contributed by atoms with Gasteiger partial charge in [0.05, 0.1) is 6.61 Å². The molecule has 0 saturated heterocycles. The van der Waals surface area contributed by atoms with Crippen molar-refractivity contribution in [2.75, 3.05) is 26.4 Å². The largest absolute Gasteiger partial charge is 0.374 e. The molecule has 110 valence electrons. The Morgan fingerprint density at radius 1 is 0.842 bits per heavy atom. The van der Waals surface area contributed by atoms with Crippen LogP contribution in [0.15, 0.2) is 25.3 Å². The zero-order valence-electron chi connectivity index (χ0n) is 12.1. The van der Waals surface area contributed by atoms with Crippen molar-refractivity contribution in [2.24, 2.45) is 0 Å². The number of carbonyl (C=O) groups excluding carboxylic acids is 1. The molecule has 0 aliphatic carbocycles.